The van der Waals surface area contributed by atoms with Gasteiger partial charge in [0.1, 0.15) is 12.4 Å². The molecule has 0 heterocycles. The quantitative estimate of drug-likeness (QED) is 0.422. The Morgan fingerprint density at radius 1 is 1.46 bits per heavy atom. The summed E-state index contributed by atoms with van der Waals surface area (Å²) in [5.41, 5.74) is -0.250. The van der Waals surface area contributed by atoms with Crippen molar-refractivity contribution in [3.63, 3.8) is 0 Å². The van der Waals surface area contributed by atoms with E-state index in [9.17, 15) is 8.78 Å². The van der Waals surface area contributed by atoms with E-state index in [1.807, 2.05) is 0 Å². The van der Waals surface area contributed by atoms with Crippen molar-refractivity contribution in [1.29, 1.82) is 0 Å². The fraction of sp³-hybridized carbons (Fsp3) is 0.125. The molecule has 5 heteroatoms. The molecule has 0 atom stereocenters. The molecule has 0 radical (unpaired) electrons. The van der Waals surface area contributed by atoms with Gasteiger partial charge in [0, 0.05) is 6.72 Å². The second-order valence-corrected chi connectivity index (χ2v) is 2.63. The van der Waals surface area contributed by atoms with Gasteiger partial charge in [0.25, 0.3) is 0 Å². The average Bonchev–Trinajstić information content (AvgIpc) is 2.12. The van der Waals surface area contributed by atoms with Gasteiger partial charge in [0.05, 0.1) is 10.6 Å². The Kier molecular flexibility index (Phi) is 3.19. The summed E-state index contributed by atoms with van der Waals surface area (Å²) >= 11 is 5.42. The molecule has 0 bridgehead atoms. The molecule has 13 heavy (non-hydrogen) atoms. The Balaban J connectivity index is 3.02. The van der Waals surface area contributed by atoms with E-state index in [1.165, 1.54) is 0 Å². The van der Waals surface area contributed by atoms with Crippen LogP contribution in [0.2, 0.25) is 5.02 Å². The van der Waals surface area contributed by atoms with Crippen molar-refractivity contribution in [1.82, 2.24) is 0 Å². The fourth-order valence-electron chi connectivity index (χ4n) is 0.812. The first-order valence-corrected chi connectivity index (χ1v) is 3.75. The van der Waals surface area contributed by atoms with Gasteiger partial charge in [0.15, 0.2) is 5.82 Å². The van der Waals surface area contributed by atoms with E-state index < -0.39 is 11.6 Å². The summed E-state index contributed by atoms with van der Waals surface area (Å²) in [7, 11) is 0. The first-order chi connectivity index (χ1) is 6.16. The number of hydrogen-bond acceptors (Lipinski definition) is 2. The maximum absolute atomic E-state index is 13.1. The van der Waals surface area contributed by atoms with Gasteiger partial charge in [-0.25, -0.2) is 8.78 Å². The zero-order chi connectivity index (χ0) is 9.84. The summed E-state index contributed by atoms with van der Waals surface area (Å²) in [6.45, 7) is 2.69. The standard InChI is InChI=1S/C8H6ClF2NO/c1-12-13-4-5-7(10)3-2-6(9)8(5)11/h2-3H,1,4H2. The topological polar surface area (TPSA) is 21.6 Å². The van der Waals surface area contributed by atoms with Crippen molar-refractivity contribution in [2.45, 2.75) is 6.61 Å². The third-order valence-electron chi connectivity index (χ3n) is 1.44. The number of oxime groups is 1. The second-order valence-electron chi connectivity index (χ2n) is 2.22. The van der Waals surface area contributed by atoms with E-state index in [1.54, 1.807) is 0 Å². The zero-order valence-electron chi connectivity index (χ0n) is 6.56. The number of halogens is 3. The molecule has 0 saturated heterocycles. The molecule has 0 saturated carbocycles. The molecule has 0 spiro atoms. The van der Waals surface area contributed by atoms with Gasteiger partial charge in [-0.3, -0.25) is 0 Å². The highest BCUT2D eigenvalue weighted by molar-refractivity contribution is 6.30. The minimum Gasteiger partial charge on any atom is -0.391 e. The van der Waals surface area contributed by atoms with Gasteiger partial charge in [-0.15, -0.1) is 5.16 Å². The van der Waals surface area contributed by atoms with Crippen LogP contribution in [0.4, 0.5) is 8.78 Å². The molecule has 0 unspecified atom stereocenters. The Bertz CT molecular complexity index is 330. The molecule has 0 aliphatic carbocycles. The van der Waals surface area contributed by atoms with Crippen molar-refractivity contribution in [2.24, 2.45) is 5.16 Å². The van der Waals surface area contributed by atoms with Gasteiger partial charge in [-0.1, -0.05) is 11.6 Å². The van der Waals surface area contributed by atoms with Crippen LogP contribution in [0.5, 0.6) is 0 Å². The molecular formula is C8H6ClF2NO. The minimum atomic E-state index is -0.828. The summed E-state index contributed by atoms with van der Waals surface area (Å²) in [6.07, 6.45) is 0. The van der Waals surface area contributed by atoms with Crippen molar-refractivity contribution in [3.05, 3.63) is 34.4 Å². The largest absolute Gasteiger partial charge is 0.391 e. The van der Waals surface area contributed by atoms with E-state index >= 15 is 0 Å². The van der Waals surface area contributed by atoms with Crippen LogP contribution in [-0.4, -0.2) is 6.72 Å². The highest BCUT2D eigenvalue weighted by Gasteiger charge is 2.12. The van der Waals surface area contributed by atoms with Crippen LogP contribution in [-0.2, 0) is 11.4 Å². The summed E-state index contributed by atoms with van der Waals surface area (Å²) in [5.74, 6) is -1.55. The number of hydrogen-bond donors (Lipinski definition) is 0. The Morgan fingerprint density at radius 2 is 2.15 bits per heavy atom. The summed E-state index contributed by atoms with van der Waals surface area (Å²) in [6, 6.07) is 2.20. The molecule has 1 aromatic rings. The third-order valence-corrected chi connectivity index (χ3v) is 1.73. The SMILES string of the molecule is C=NOCc1c(F)ccc(Cl)c1F. The molecule has 70 valence electrons. The van der Waals surface area contributed by atoms with E-state index in [-0.39, 0.29) is 17.2 Å². The lowest BCUT2D eigenvalue weighted by Gasteiger charge is -2.04. The van der Waals surface area contributed by atoms with E-state index in [0.717, 1.165) is 12.1 Å². The van der Waals surface area contributed by atoms with Crippen LogP contribution in [0.25, 0.3) is 0 Å². The number of nitrogens with zero attached hydrogens (tertiary/aromatic N) is 1. The molecular weight excluding hydrogens is 200 g/mol. The average molecular weight is 206 g/mol. The van der Waals surface area contributed by atoms with Crippen molar-refractivity contribution < 1.29 is 13.6 Å². The van der Waals surface area contributed by atoms with E-state index in [4.69, 9.17) is 11.6 Å². The second kappa shape index (κ2) is 4.18. The number of benzene rings is 1. The maximum Gasteiger partial charge on any atom is 0.151 e. The monoisotopic (exact) mass is 205 g/mol. The van der Waals surface area contributed by atoms with Crippen LogP contribution in [0.15, 0.2) is 17.3 Å². The molecule has 1 rings (SSSR count). The Morgan fingerprint density at radius 3 is 2.77 bits per heavy atom. The first kappa shape index (κ1) is 9.92. The molecule has 0 aliphatic rings. The summed E-state index contributed by atoms with van der Waals surface area (Å²) in [5, 5.41) is 2.87. The lowest BCUT2D eigenvalue weighted by Crippen LogP contribution is -1.97. The minimum absolute atomic E-state index is 0.149. The van der Waals surface area contributed by atoms with Crippen LogP contribution in [0.1, 0.15) is 5.56 Å². The van der Waals surface area contributed by atoms with Crippen molar-refractivity contribution >= 4 is 18.3 Å². The maximum atomic E-state index is 13.1. The Hall–Kier alpha value is -1.16. The molecule has 0 fully saturated rings. The lowest BCUT2D eigenvalue weighted by atomic mass is 10.2. The highest BCUT2D eigenvalue weighted by Crippen LogP contribution is 2.21. The van der Waals surface area contributed by atoms with Crippen LogP contribution >= 0.6 is 11.6 Å². The predicted molar refractivity (Wildman–Crippen MR) is 45.7 cm³/mol. The van der Waals surface area contributed by atoms with E-state index in [2.05, 4.69) is 16.7 Å². The summed E-state index contributed by atoms with van der Waals surface area (Å²) in [4.78, 5) is 4.41. The van der Waals surface area contributed by atoms with Crippen molar-refractivity contribution in [2.75, 3.05) is 0 Å². The highest BCUT2D eigenvalue weighted by atomic mass is 35.5. The van der Waals surface area contributed by atoms with Crippen LogP contribution in [0, 0.1) is 11.6 Å². The van der Waals surface area contributed by atoms with Crippen molar-refractivity contribution in [3.8, 4) is 0 Å². The van der Waals surface area contributed by atoms with Crippen LogP contribution < -0.4 is 0 Å². The zero-order valence-corrected chi connectivity index (χ0v) is 7.31. The predicted octanol–water partition coefficient (Wildman–Crippen LogP) is 2.75. The van der Waals surface area contributed by atoms with Gasteiger partial charge >= 0.3 is 0 Å². The normalized spacial score (nSPS) is 9.77. The molecule has 0 amide bonds. The molecule has 0 aromatic heterocycles. The summed E-state index contributed by atoms with van der Waals surface area (Å²) < 4.78 is 26.0. The van der Waals surface area contributed by atoms with Crippen LogP contribution in [0.3, 0.4) is 0 Å². The molecule has 1 aromatic carbocycles. The van der Waals surface area contributed by atoms with E-state index in [0.29, 0.717) is 0 Å². The first-order valence-electron chi connectivity index (χ1n) is 3.37. The van der Waals surface area contributed by atoms with Gasteiger partial charge in [-0.2, -0.15) is 0 Å². The fourth-order valence-corrected chi connectivity index (χ4v) is 0.989. The number of rotatable bonds is 3. The van der Waals surface area contributed by atoms with Gasteiger partial charge < -0.3 is 4.84 Å². The smallest absolute Gasteiger partial charge is 0.151 e. The molecule has 2 nitrogen and oxygen atoms in total. The van der Waals surface area contributed by atoms with Gasteiger partial charge in [0.2, 0.25) is 0 Å². The molecule has 0 N–H and O–H groups in total. The molecule has 0 aliphatic heterocycles. The lowest BCUT2D eigenvalue weighted by molar-refractivity contribution is 0.127. The van der Waals surface area contributed by atoms with Gasteiger partial charge in [-0.05, 0) is 12.1 Å². The Labute approximate surface area is 78.8 Å². The third kappa shape index (κ3) is 2.15.